The highest BCUT2D eigenvalue weighted by atomic mass is 35.5. The molecule has 4 heteroatoms. The van der Waals surface area contributed by atoms with Gasteiger partial charge in [-0.25, -0.2) is 0 Å². The van der Waals surface area contributed by atoms with E-state index in [1.807, 2.05) is 30.3 Å². The second-order valence-corrected chi connectivity index (χ2v) is 5.73. The molecule has 0 aliphatic heterocycles. The van der Waals surface area contributed by atoms with Crippen LogP contribution in [0.15, 0.2) is 36.4 Å². The van der Waals surface area contributed by atoms with Gasteiger partial charge in [0.1, 0.15) is 11.5 Å². The van der Waals surface area contributed by atoms with E-state index in [1.54, 1.807) is 13.2 Å². The minimum Gasteiger partial charge on any atom is -0.508 e. The van der Waals surface area contributed by atoms with Crippen molar-refractivity contribution in [1.82, 2.24) is 0 Å². The van der Waals surface area contributed by atoms with Crippen molar-refractivity contribution < 1.29 is 9.84 Å². The molecule has 2 aromatic rings. The quantitative estimate of drug-likeness (QED) is 0.874. The average molecular weight is 304 g/mol. The molecule has 0 spiro atoms. The van der Waals surface area contributed by atoms with Crippen molar-refractivity contribution in [2.75, 3.05) is 12.4 Å². The SMILES string of the molecule is COc1ccc(Cl)c(NC2CCCc3cc(O)ccc32)c1. The fourth-order valence-corrected chi connectivity index (χ4v) is 3.05. The molecule has 0 radical (unpaired) electrons. The van der Waals surface area contributed by atoms with Gasteiger partial charge < -0.3 is 15.2 Å². The Kier molecular flexibility index (Phi) is 3.93. The van der Waals surface area contributed by atoms with Crippen molar-refractivity contribution >= 4 is 17.3 Å². The predicted molar refractivity (Wildman–Crippen MR) is 85.4 cm³/mol. The molecular weight excluding hydrogens is 286 g/mol. The van der Waals surface area contributed by atoms with Crippen molar-refractivity contribution in [2.45, 2.75) is 25.3 Å². The van der Waals surface area contributed by atoms with E-state index in [2.05, 4.69) is 5.32 Å². The molecule has 0 bridgehead atoms. The minimum absolute atomic E-state index is 0.207. The molecule has 1 atom stereocenters. The second-order valence-electron chi connectivity index (χ2n) is 5.32. The molecule has 3 nitrogen and oxygen atoms in total. The van der Waals surface area contributed by atoms with Crippen LogP contribution in [0.1, 0.15) is 30.0 Å². The average Bonchev–Trinajstić information content (AvgIpc) is 2.49. The number of methoxy groups -OCH3 is 1. The first kappa shape index (κ1) is 14.1. The van der Waals surface area contributed by atoms with Crippen LogP contribution in [-0.4, -0.2) is 12.2 Å². The van der Waals surface area contributed by atoms with Gasteiger partial charge in [0.25, 0.3) is 0 Å². The molecule has 1 aliphatic carbocycles. The lowest BCUT2D eigenvalue weighted by Crippen LogP contribution is -2.17. The highest BCUT2D eigenvalue weighted by Gasteiger charge is 2.21. The fraction of sp³-hybridized carbons (Fsp3) is 0.294. The molecule has 0 saturated carbocycles. The molecule has 2 N–H and O–H groups in total. The Bertz CT molecular complexity index is 657. The van der Waals surface area contributed by atoms with Gasteiger partial charge in [-0.1, -0.05) is 17.7 Å². The van der Waals surface area contributed by atoms with Gasteiger partial charge in [-0.2, -0.15) is 0 Å². The van der Waals surface area contributed by atoms with Crippen LogP contribution in [0, 0.1) is 0 Å². The number of hydrogen-bond donors (Lipinski definition) is 2. The second kappa shape index (κ2) is 5.86. The zero-order chi connectivity index (χ0) is 14.8. The van der Waals surface area contributed by atoms with Gasteiger partial charge in [-0.15, -0.1) is 0 Å². The molecule has 0 fully saturated rings. The number of phenolic OH excluding ortho intramolecular Hbond substituents is 1. The number of ether oxygens (including phenoxy) is 1. The van der Waals surface area contributed by atoms with Gasteiger partial charge in [0.15, 0.2) is 0 Å². The van der Waals surface area contributed by atoms with Crippen LogP contribution in [0.4, 0.5) is 5.69 Å². The van der Waals surface area contributed by atoms with Gasteiger partial charge in [0.05, 0.1) is 23.9 Å². The Balaban J connectivity index is 1.90. The van der Waals surface area contributed by atoms with Crippen LogP contribution in [0.3, 0.4) is 0 Å². The lowest BCUT2D eigenvalue weighted by molar-refractivity contribution is 0.415. The van der Waals surface area contributed by atoms with Crippen molar-refractivity contribution in [3.8, 4) is 11.5 Å². The number of aromatic hydroxyl groups is 1. The summed E-state index contributed by atoms with van der Waals surface area (Å²) in [5, 5.41) is 13.8. The van der Waals surface area contributed by atoms with Crippen molar-refractivity contribution in [3.05, 3.63) is 52.5 Å². The van der Waals surface area contributed by atoms with E-state index in [9.17, 15) is 5.11 Å². The number of anilines is 1. The van der Waals surface area contributed by atoms with E-state index in [1.165, 1.54) is 11.1 Å². The van der Waals surface area contributed by atoms with Gasteiger partial charge in [0.2, 0.25) is 0 Å². The molecule has 0 amide bonds. The van der Waals surface area contributed by atoms with Crippen LogP contribution < -0.4 is 10.1 Å². The summed E-state index contributed by atoms with van der Waals surface area (Å²) in [7, 11) is 1.64. The monoisotopic (exact) mass is 303 g/mol. The maximum absolute atomic E-state index is 9.62. The predicted octanol–water partition coefficient (Wildman–Crippen LogP) is 4.54. The third kappa shape index (κ3) is 2.93. The minimum atomic E-state index is 0.207. The maximum Gasteiger partial charge on any atom is 0.121 e. The van der Waals surface area contributed by atoms with Gasteiger partial charge in [-0.05, 0) is 54.7 Å². The molecule has 0 aromatic heterocycles. The van der Waals surface area contributed by atoms with Crippen LogP contribution in [0.5, 0.6) is 11.5 Å². The maximum atomic E-state index is 9.62. The summed E-state index contributed by atoms with van der Waals surface area (Å²) in [5.41, 5.74) is 3.32. The topological polar surface area (TPSA) is 41.5 Å². The first-order valence-electron chi connectivity index (χ1n) is 7.09. The van der Waals surface area contributed by atoms with E-state index in [0.29, 0.717) is 10.8 Å². The van der Waals surface area contributed by atoms with Crippen molar-refractivity contribution in [3.63, 3.8) is 0 Å². The third-order valence-electron chi connectivity index (χ3n) is 3.94. The number of hydrogen-bond acceptors (Lipinski definition) is 3. The summed E-state index contributed by atoms with van der Waals surface area (Å²) >= 11 is 6.27. The van der Waals surface area contributed by atoms with Crippen LogP contribution >= 0.6 is 11.6 Å². The molecule has 2 aromatic carbocycles. The Hall–Kier alpha value is -1.87. The number of aryl methyl sites for hydroxylation is 1. The third-order valence-corrected chi connectivity index (χ3v) is 4.27. The summed E-state index contributed by atoms with van der Waals surface area (Å²) in [6.07, 6.45) is 3.15. The summed E-state index contributed by atoms with van der Waals surface area (Å²) in [5.74, 6) is 1.11. The summed E-state index contributed by atoms with van der Waals surface area (Å²) in [4.78, 5) is 0. The van der Waals surface area contributed by atoms with Crippen LogP contribution in [0.2, 0.25) is 5.02 Å². The van der Waals surface area contributed by atoms with Gasteiger partial charge >= 0.3 is 0 Å². The molecule has 21 heavy (non-hydrogen) atoms. The van der Waals surface area contributed by atoms with Gasteiger partial charge in [0, 0.05) is 6.07 Å². The highest BCUT2D eigenvalue weighted by molar-refractivity contribution is 6.33. The molecule has 0 heterocycles. The number of fused-ring (bicyclic) bond motifs is 1. The lowest BCUT2D eigenvalue weighted by atomic mass is 9.87. The highest BCUT2D eigenvalue weighted by Crippen LogP contribution is 2.36. The molecule has 1 aliphatic rings. The number of phenols is 1. The zero-order valence-electron chi connectivity index (χ0n) is 11.9. The number of halogens is 1. The van der Waals surface area contributed by atoms with E-state index < -0.39 is 0 Å². The van der Waals surface area contributed by atoms with Crippen LogP contribution in [-0.2, 0) is 6.42 Å². The molecule has 0 saturated heterocycles. The number of nitrogens with one attached hydrogen (secondary N) is 1. The van der Waals surface area contributed by atoms with E-state index in [4.69, 9.17) is 16.3 Å². The summed E-state index contributed by atoms with van der Waals surface area (Å²) in [6.45, 7) is 0. The summed E-state index contributed by atoms with van der Waals surface area (Å²) < 4.78 is 5.25. The van der Waals surface area contributed by atoms with Crippen molar-refractivity contribution in [2.24, 2.45) is 0 Å². The largest absolute Gasteiger partial charge is 0.508 e. The lowest BCUT2D eigenvalue weighted by Gasteiger charge is -2.28. The van der Waals surface area contributed by atoms with E-state index in [0.717, 1.165) is 30.7 Å². The van der Waals surface area contributed by atoms with E-state index in [-0.39, 0.29) is 6.04 Å². The fourth-order valence-electron chi connectivity index (χ4n) is 2.88. The summed E-state index contributed by atoms with van der Waals surface area (Å²) in [6, 6.07) is 11.4. The molecule has 3 rings (SSSR count). The smallest absolute Gasteiger partial charge is 0.121 e. The first-order chi connectivity index (χ1) is 10.2. The Morgan fingerprint density at radius 2 is 2.10 bits per heavy atom. The standard InChI is InChI=1S/C17H18ClNO2/c1-21-13-6-8-15(18)17(10-13)19-16-4-2-3-11-9-12(20)5-7-14(11)16/h5-10,16,19-20H,2-4H2,1H3. The Morgan fingerprint density at radius 3 is 2.90 bits per heavy atom. The normalized spacial score (nSPS) is 17.1. The molecule has 110 valence electrons. The molecule has 1 unspecified atom stereocenters. The number of rotatable bonds is 3. The first-order valence-corrected chi connectivity index (χ1v) is 7.47. The number of benzene rings is 2. The van der Waals surface area contributed by atoms with E-state index >= 15 is 0 Å². The van der Waals surface area contributed by atoms with Crippen LogP contribution in [0.25, 0.3) is 0 Å². The van der Waals surface area contributed by atoms with Gasteiger partial charge in [-0.3, -0.25) is 0 Å². The Morgan fingerprint density at radius 1 is 1.24 bits per heavy atom. The molecular formula is C17H18ClNO2. The zero-order valence-corrected chi connectivity index (χ0v) is 12.7. The Labute approximate surface area is 129 Å². The van der Waals surface area contributed by atoms with Crippen molar-refractivity contribution in [1.29, 1.82) is 0 Å².